The number of aromatic nitrogens is 2. The molecule has 0 aliphatic carbocycles. The summed E-state index contributed by atoms with van der Waals surface area (Å²) >= 11 is 0. The Morgan fingerprint density at radius 2 is 2.09 bits per heavy atom. The molecule has 0 saturated heterocycles. The first kappa shape index (κ1) is 16.2. The number of imidazole rings is 1. The molecule has 1 amide bonds. The largest absolute Gasteiger partial charge is 0.377 e. The van der Waals surface area contributed by atoms with Gasteiger partial charge in [-0.2, -0.15) is 0 Å². The number of methoxy groups -OCH3 is 1. The topological polar surface area (TPSA) is 56.1 Å². The predicted octanol–water partition coefficient (Wildman–Crippen LogP) is 2.26. The average molecular weight is 301 g/mol. The molecule has 0 aliphatic heterocycles. The van der Waals surface area contributed by atoms with Crippen LogP contribution in [0.15, 0.2) is 36.5 Å². The molecule has 1 heterocycles. The number of nitrogens with one attached hydrogen (secondary N) is 1. The highest BCUT2D eigenvalue weighted by molar-refractivity contribution is 5.83. The third-order valence-electron chi connectivity index (χ3n) is 3.74. The number of aryl methyl sites for hydroxylation is 1. The van der Waals surface area contributed by atoms with Crippen LogP contribution >= 0.6 is 0 Å². The molecular formula is C17H23N3O2. The molecule has 0 aliphatic rings. The van der Waals surface area contributed by atoms with Crippen molar-refractivity contribution in [3.63, 3.8) is 0 Å². The fourth-order valence-corrected chi connectivity index (χ4v) is 2.40. The fraction of sp³-hybridized carbons (Fsp3) is 0.412. The van der Waals surface area contributed by atoms with Crippen LogP contribution in [0.3, 0.4) is 0 Å². The zero-order chi connectivity index (χ0) is 15.9. The lowest BCUT2D eigenvalue weighted by atomic mass is 10.0. The lowest BCUT2D eigenvalue weighted by Crippen LogP contribution is -2.31. The molecule has 1 N–H and O–H groups in total. The van der Waals surface area contributed by atoms with Crippen molar-refractivity contribution in [2.75, 3.05) is 13.7 Å². The third-order valence-corrected chi connectivity index (χ3v) is 3.74. The van der Waals surface area contributed by atoms with E-state index in [2.05, 4.69) is 14.9 Å². The maximum absolute atomic E-state index is 12.2. The van der Waals surface area contributed by atoms with Crippen molar-refractivity contribution in [1.82, 2.24) is 14.9 Å². The number of ether oxygens (including phenoxy) is 1. The van der Waals surface area contributed by atoms with E-state index in [-0.39, 0.29) is 11.8 Å². The van der Waals surface area contributed by atoms with E-state index < -0.39 is 0 Å². The standard InChI is InChI=1S/C17H23N3O2/c1-13-11-19-16(12-22-3)20(13)10-9-18-17(21)14(2)15-7-5-4-6-8-15/h4-8,11,14H,9-10,12H2,1-3H3,(H,18,21). The molecule has 5 nitrogen and oxygen atoms in total. The molecule has 0 radical (unpaired) electrons. The summed E-state index contributed by atoms with van der Waals surface area (Å²) in [5.74, 6) is 0.770. The molecule has 0 bridgehead atoms. The van der Waals surface area contributed by atoms with E-state index in [4.69, 9.17) is 4.74 Å². The van der Waals surface area contributed by atoms with Gasteiger partial charge in [0, 0.05) is 32.1 Å². The van der Waals surface area contributed by atoms with E-state index in [0.717, 1.165) is 17.1 Å². The number of nitrogens with zero attached hydrogens (tertiary/aromatic N) is 2. The van der Waals surface area contributed by atoms with Crippen molar-refractivity contribution in [3.05, 3.63) is 53.6 Å². The van der Waals surface area contributed by atoms with Gasteiger partial charge in [-0.15, -0.1) is 0 Å². The zero-order valence-electron chi connectivity index (χ0n) is 13.4. The van der Waals surface area contributed by atoms with Crippen molar-refractivity contribution < 1.29 is 9.53 Å². The van der Waals surface area contributed by atoms with Crippen LogP contribution < -0.4 is 5.32 Å². The number of benzene rings is 1. The molecule has 1 atom stereocenters. The Labute approximate surface area is 131 Å². The lowest BCUT2D eigenvalue weighted by molar-refractivity contribution is -0.122. The van der Waals surface area contributed by atoms with E-state index in [1.165, 1.54) is 0 Å². The fourth-order valence-electron chi connectivity index (χ4n) is 2.40. The van der Waals surface area contributed by atoms with Crippen LogP contribution in [0.4, 0.5) is 0 Å². The molecule has 118 valence electrons. The van der Waals surface area contributed by atoms with Crippen LogP contribution in [-0.4, -0.2) is 29.1 Å². The Kier molecular flexibility index (Phi) is 5.72. The minimum absolute atomic E-state index is 0.0391. The first-order chi connectivity index (χ1) is 10.6. The molecule has 0 fully saturated rings. The van der Waals surface area contributed by atoms with Gasteiger partial charge in [0.2, 0.25) is 5.91 Å². The molecule has 2 aromatic rings. The lowest BCUT2D eigenvalue weighted by Gasteiger charge is -2.14. The molecule has 1 aromatic carbocycles. The first-order valence-corrected chi connectivity index (χ1v) is 7.46. The monoisotopic (exact) mass is 301 g/mol. The second-order valence-electron chi connectivity index (χ2n) is 5.32. The summed E-state index contributed by atoms with van der Waals surface area (Å²) in [5.41, 5.74) is 2.09. The molecular weight excluding hydrogens is 278 g/mol. The molecule has 2 rings (SSSR count). The highest BCUT2D eigenvalue weighted by Gasteiger charge is 2.14. The minimum Gasteiger partial charge on any atom is -0.377 e. The number of carbonyl (C=O) groups excluding carboxylic acids is 1. The quantitative estimate of drug-likeness (QED) is 0.853. The summed E-state index contributed by atoms with van der Waals surface area (Å²) in [5, 5.41) is 2.99. The van der Waals surface area contributed by atoms with Gasteiger partial charge in [0.1, 0.15) is 12.4 Å². The number of hydrogen-bond donors (Lipinski definition) is 1. The van der Waals surface area contributed by atoms with Gasteiger partial charge in [-0.25, -0.2) is 4.98 Å². The van der Waals surface area contributed by atoms with E-state index >= 15 is 0 Å². The zero-order valence-corrected chi connectivity index (χ0v) is 13.4. The summed E-state index contributed by atoms with van der Waals surface area (Å²) in [7, 11) is 1.65. The van der Waals surface area contributed by atoms with Crippen molar-refractivity contribution in [2.45, 2.75) is 32.9 Å². The summed E-state index contributed by atoms with van der Waals surface area (Å²) in [6.07, 6.45) is 1.82. The number of rotatable bonds is 7. The molecule has 1 aromatic heterocycles. The van der Waals surface area contributed by atoms with E-state index in [1.54, 1.807) is 7.11 Å². The van der Waals surface area contributed by atoms with Crippen molar-refractivity contribution in [3.8, 4) is 0 Å². The van der Waals surface area contributed by atoms with Crippen LogP contribution in [0.25, 0.3) is 0 Å². The van der Waals surface area contributed by atoms with Crippen molar-refractivity contribution in [1.29, 1.82) is 0 Å². The Hall–Kier alpha value is -2.14. The highest BCUT2D eigenvalue weighted by atomic mass is 16.5. The van der Waals surface area contributed by atoms with Gasteiger partial charge in [0.15, 0.2) is 0 Å². The molecule has 22 heavy (non-hydrogen) atoms. The first-order valence-electron chi connectivity index (χ1n) is 7.46. The maximum Gasteiger partial charge on any atom is 0.227 e. The van der Waals surface area contributed by atoms with E-state index in [0.29, 0.717) is 19.7 Å². The van der Waals surface area contributed by atoms with Gasteiger partial charge in [-0.3, -0.25) is 4.79 Å². The van der Waals surface area contributed by atoms with Gasteiger partial charge in [-0.1, -0.05) is 30.3 Å². The normalized spacial score (nSPS) is 12.1. The van der Waals surface area contributed by atoms with Gasteiger partial charge >= 0.3 is 0 Å². The van der Waals surface area contributed by atoms with Gasteiger partial charge in [0.05, 0.1) is 5.92 Å². The van der Waals surface area contributed by atoms with Crippen LogP contribution in [-0.2, 0) is 22.7 Å². The van der Waals surface area contributed by atoms with Crippen molar-refractivity contribution in [2.24, 2.45) is 0 Å². The number of hydrogen-bond acceptors (Lipinski definition) is 3. The summed E-state index contributed by atoms with van der Waals surface area (Å²) in [6, 6.07) is 9.80. The Balaban J connectivity index is 1.88. The molecule has 5 heteroatoms. The predicted molar refractivity (Wildman–Crippen MR) is 85.5 cm³/mol. The summed E-state index contributed by atoms with van der Waals surface area (Å²) < 4.78 is 7.20. The van der Waals surface area contributed by atoms with E-state index in [1.807, 2.05) is 50.4 Å². The van der Waals surface area contributed by atoms with Crippen LogP contribution in [0.5, 0.6) is 0 Å². The average Bonchev–Trinajstić information content (AvgIpc) is 2.88. The summed E-state index contributed by atoms with van der Waals surface area (Å²) in [4.78, 5) is 16.5. The van der Waals surface area contributed by atoms with E-state index in [9.17, 15) is 4.79 Å². The Morgan fingerprint density at radius 1 is 1.36 bits per heavy atom. The smallest absolute Gasteiger partial charge is 0.227 e. The number of carbonyl (C=O) groups is 1. The Bertz CT molecular complexity index is 608. The van der Waals surface area contributed by atoms with Gasteiger partial charge in [0.25, 0.3) is 0 Å². The Morgan fingerprint density at radius 3 is 2.77 bits per heavy atom. The SMILES string of the molecule is COCc1ncc(C)n1CCNC(=O)C(C)c1ccccc1. The molecule has 1 unspecified atom stereocenters. The van der Waals surface area contributed by atoms with Gasteiger partial charge < -0.3 is 14.6 Å². The van der Waals surface area contributed by atoms with Gasteiger partial charge in [-0.05, 0) is 19.4 Å². The summed E-state index contributed by atoms with van der Waals surface area (Å²) in [6.45, 7) is 5.66. The maximum atomic E-state index is 12.2. The van der Waals surface area contributed by atoms with Crippen molar-refractivity contribution >= 4 is 5.91 Å². The number of amides is 1. The third kappa shape index (κ3) is 3.95. The second kappa shape index (κ2) is 7.75. The molecule has 0 spiro atoms. The van der Waals surface area contributed by atoms with Crippen LogP contribution in [0.2, 0.25) is 0 Å². The second-order valence-corrected chi connectivity index (χ2v) is 5.32. The highest BCUT2D eigenvalue weighted by Crippen LogP contribution is 2.14. The van der Waals surface area contributed by atoms with Crippen LogP contribution in [0.1, 0.15) is 29.9 Å². The minimum atomic E-state index is -0.150. The molecule has 0 saturated carbocycles. The van der Waals surface area contributed by atoms with Crippen LogP contribution in [0, 0.1) is 6.92 Å².